The molecular formula is C12H20BrN3. The Morgan fingerprint density at radius 1 is 1.56 bits per heavy atom. The summed E-state index contributed by atoms with van der Waals surface area (Å²) in [7, 11) is 2.04. The molecule has 90 valence electrons. The Morgan fingerprint density at radius 3 is 3.00 bits per heavy atom. The summed E-state index contributed by atoms with van der Waals surface area (Å²) in [6.07, 6.45) is 7.01. The van der Waals surface area contributed by atoms with Gasteiger partial charge < -0.3 is 5.32 Å². The topological polar surface area (TPSA) is 29.9 Å². The highest BCUT2D eigenvalue weighted by molar-refractivity contribution is 9.10. The van der Waals surface area contributed by atoms with Gasteiger partial charge in [0, 0.05) is 19.0 Å². The van der Waals surface area contributed by atoms with Gasteiger partial charge in [-0.05, 0) is 41.7 Å². The molecule has 1 fully saturated rings. The first kappa shape index (κ1) is 12.1. The van der Waals surface area contributed by atoms with Crippen molar-refractivity contribution in [1.29, 1.82) is 0 Å². The number of halogens is 1. The molecule has 0 bridgehead atoms. The zero-order chi connectivity index (χ0) is 11.5. The molecule has 1 aromatic rings. The van der Waals surface area contributed by atoms with Crippen LogP contribution in [0.3, 0.4) is 0 Å². The molecule has 1 saturated carbocycles. The molecule has 0 saturated heterocycles. The van der Waals surface area contributed by atoms with Crippen molar-refractivity contribution in [3.63, 3.8) is 0 Å². The van der Waals surface area contributed by atoms with Crippen molar-refractivity contribution < 1.29 is 0 Å². The summed E-state index contributed by atoms with van der Waals surface area (Å²) in [5, 5.41) is 7.98. The normalized spacial score (nSPS) is 25.2. The third-order valence-corrected chi connectivity index (χ3v) is 4.07. The highest BCUT2D eigenvalue weighted by Crippen LogP contribution is 2.37. The summed E-state index contributed by atoms with van der Waals surface area (Å²) in [4.78, 5) is 0. The molecule has 0 amide bonds. The van der Waals surface area contributed by atoms with Gasteiger partial charge in [0.15, 0.2) is 0 Å². The number of hydrogen-bond acceptors (Lipinski definition) is 2. The largest absolute Gasteiger partial charge is 0.313 e. The Balaban J connectivity index is 2.13. The minimum absolute atomic E-state index is 0.619. The molecule has 2 rings (SSSR count). The Bertz CT molecular complexity index is 329. The first-order valence-corrected chi connectivity index (χ1v) is 6.94. The van der Waals surface area contributed by atoms with Crippen molar-refractivity contribution in [2.75, 3.05) is 6.54 Å². The molecule has 4 heteroatoms. The van der Waals surface area contributed by atoms with Crippen LogP contribution in [-0.2, 0) is 7.05 Å². The maximum atomic E-state index is 4.32. The third kappa shape index (κ3) is 2.33. The van der Waals surface area contributed by atoms with Gasteiger partial charge >= 0.3 is 0 Å². The zero-order valence-electron chi connectivity index (χ0n) is 10.0. The molecule has 0 aliphatic heterocycles. The van der Waals surface area contributed by atoms with E-state index in [-0.39, 0.29) is 0 Å². The summed E-state index contributed by atoms with van der Waals surface area (Å²) >= 11 is 3.61. The SMILES string of the molecule is CCCNC1CCCC1c1c(Br)cnn1C. The molecule has 1 heterocycles. The number of aromatic nitrogens is 2. The molecule has 1 aliphatic carbocycles. The van der Waals surface area contributed by atoms with Gasteiger partial charge in [0.1, 0.15) is 0 Å². The second kappa shape index (κ2) is 5.32. The standard InChI is InChI=1S/C12H20BrN3/c1-3-7-14-11-6-4-5-9(11)12-10(13)8-15-16(12)2/h8-9,11,14H,3-7H2,1-2H3. The van der Waals surface area contributed by atoms with E-state index in [2.05, 4.69) is 33.3 Å². The van der Waals surface area contributed by atoms with E-state index in [1.54, 1.807) is 0 Å². The minimum Gasteiger partial charge on any atom is -0.313 e. The van der Waals surface area contributed by atoms with Gasteiger partial charge in [-0.3, -0.25) is 4.68 Å². The Hall–Kier alpha value is -0.350. The Labute approximate surface area is 106 Å². The lowest BCUT2D eigenvalue weighted by atomic mass is 9.99. The number of aryl methyl sites for hydroxylation is 1. The van der Waals surface area contributed by atoms with Crippen molar-refractivity contribution in [1.82, 2.24) is 15.1 Å². The van der Waals surface area contributed by atoms with Crippen molar-refractivity contribution in [3.8, 4) is 0 Å². The van der Waals surface area contributed by atoms with Crippen LogP contribution in [-0.4, -0.2) is 22.4 Å². The zero-order valence-corrected chi connectivity index (χ0v) is 11.6. The van der Waals surface area contributed by atoms with E-state index in [0.717, 1.165) is 11.0 Å². The first-order valence-electron chi connectivity index (χ1n) is 6.14. The molecule has 0 spiro atoms. The molecule has 1 N–H and O–H groups in total. The molecule has 3 nitrogen and oxygen atoms in total. The Kier molecular flexibility index (Phi) is 4.03. The van der Waals surface area contributed by atoms with Crippen molar-refractivity contribution in [2.45, 2.75) is 44.6 Å². The van der Waals surface area contributed by atoms with Gasteiger partial charge in [0.25, 0.3) is 0 Å². The second-order valence-electron chi connectivity index (χ2n) is 4.60. The van der Waals surface area contributed by atoms with Crippen molar-refractivity contribution >= 4 is 15.9 Å². The lowest BCUT2D eigenvalue weighted by Gasteiger charge is -2.21. The van der Waals surface area contributed by atoms with E-state index in [1.807, 2.05) is 17.9 Å². The molecule has 2 atom stereocenters. The van der Waals surface area contributed by atoms with E-state index in [0.29, 0.717) is 12.0 Å². The maximum Gasteiger partial charge on any atom is 0.0635 e. The van der Waals surface area contributed by atoms with E-state index in [1.165, 1.54) is 31.4 Å². The van der Waals surface area contributed by atoms with E-state index in [4.69, 9.17) is 0 Å². The molecule has 1 aromatic heterocycles. The van der Waals surface area contributed by atoms with Crippen LogP contribution in [0.25, 0.3) is 0 Å². The summed E-state index contributed by atoms with van der Waals surface area (Å²) in [5.74, 6) is 0.619. The van der Waals surface area contributed by atoms with Crippen molar-refractivity contribution in [2.24, 2.45) is 7.05 Å². The maximum absolute atomic E-state index is 4.32. The fourth-order valence-corrected chi connectivity index (χ4v) is 3.34. The van der Waals surface area contributed by atoms with E-state index >= 15 is 0 Å². The van der Waals surface area contributed by atoms with Crippen LogP contribution in [0.1, 0.15) is 44.2 Å². The molecule has 0 radical (unpaired) electrons. The minimum atomic E-state index is 0.619. The fourth-order valence-electron chi connectivity index (χ4n) is 2.70. The van der Waals surface area contributed by atoms with Gasteiger partial charge in [0.2, 0.25) is 0 Å². The summed E-state index contributed by atoms with van der Waals surface area (Å²) < 4.78 is 3.17. The molecular weight excluding hydrogens is 266 g/mol. The van der Waals surface area contributed by atoms with Crippen LogP contribution in [0.4, 0.5) is 0 Å². The van der Waals surface area contributed by atoms with Crippen LogP contribution in [0.5, 0.6) is 0 Å². The van der Waals surface area contributed by atoms with Crippen LogP contribution in [0.15, 0.2) is 10.7 Å². The Morgan fingerprint density at radius 2 is 2.38 bits per heavy atom. The predicted molar refractivity (Wildman–Crippen MR) is 69.6 cm³/mol. The number of rotatable bonds is 4. The fraction of sp³-hybridized carbons (Fsp3) is 0.750. The number of nitrogens with one attached hydrogen (secondary N) is 1. The molecule has 16 heavy (non-hydrogen) atoms. The van der Waals surface area contributed by atoms with Gasteiger partial charge in [-0.1, -0.05) is 13.3 Å². The van der Waals surface area contributed by atoms with Gasteiger partial charge in [-0.15, -0.1) is 0 Å². The van der Waals surface area contributed by atoms with Crippen LogP contribution >= 0.6 is 15.9 Å². The molecule has 1 aliphatic rings. The van der Waals surface area contributed by atoms with Crippen LogP contribution in [0.2, 0.25) is 0 Å². The third-order valence-electron chi connectivity index (χ3n) is 3.46. The monoisotopic (exact) mass is 285 g/mol. The average molecular weight is 286 g/mol. The molecule has 0 aromatic carbocycles. The lowest BCUT2D eigenvalue weighted by Crippen LogP contribution is -2.32. The van der Waals surface area contributed by atoms with Gasteiger partial charge in [-0.25, -0.2) is 0 Å². The van der Waals surface area contributed by atoms with Crippen molar-refractivity contribution in [3.05, 3.63) is 16.4 Å². The smallest absolute Gasteiger partial charge is 0.0635 e. The van der Waals surface area contributed by atoms with Gasteiger partial charge in [-0.2, -0.15) is 5.10 Å². The highest BCUT2D eigenvalue weighted by Gasteiger charge is 2.31. The second-order valence-corrected chi connectivity index (χ2v) is 5.45. The first-order chi connectivity index (χ1) is 7.74. The summed E-state index contributed by atoms with van der Waals surface area (Å²) in [5.41, 5.74) is 1.35. The number of nitrogens with zero attached hydrogens (tertiary/aromatic N) is 2. The van der Waals surface area contributed by atoms with E-state index in [9.17, 15) is 0 Å². The van der Waals surface area contributed by atoms with Gasteiger partial charge in [0.05, 0.1) is 16.4 Å². The summed E-state index contributed by atoms with van der Waals surface area (Å²) in [6, 6.07) is 0.631. The molecule has 2 unspecified atom stereocenters. The van der Waals surface area contributed by atoms with Crippen LogP contribution < -0.4 is 5.32 Å². The quantitative estimate of drug-likeness (QED) is 0.922. The van der Waals surface area contributed by atoms with Crippen LogP contribution in [0, 0.1) is 0 Å². The summed E-state index contributed by atoms with van der Waals surface area (Å²) in [6.45, 7) is 3.34. The predicted octanol–water partition coefficient (Wildman–Crippen LogP) is 2.82. The lowest BCUT2D eigenvalue weighted by molar-refractivity contribution is 0.459. The average Bonchev–Trinajstić information content (AvgIpc) is 2.83. The number of hydrogen-bond donors (Lipinski definition) is 1. The van der Waals surface area contributed by atoms with E-state index < -0.39 is 0 Å². The highest BCUT2D eigenvalue weighted by atomic mass is 79.9.